The zero-order valence-corrected chi connectivity index (χ0v) is 22.8. The average Bonchev–Trinajstić information content (AvgIpc) is 2.99. The number of aromatic nitrogens is 3. The minimum absolute atomic E-state index is 0.173. The van der Waals surface area contributed by atoms with E-state index in [-0.39, 0.29) is 5.56 Å². The van der Waals surface area contributed by atoms with Gasteiger partial charge in [-0.1, -0.05) is 18.2 Å². The number of morpholine rings is 1. The van der Waals surface area contributed by atoms with Crippen LogP contribution in [0.2, 0.25) is 0 Å². The number of nitrogens with one attached hydrogen (secondary N) is 1. The molecule has 2 aromatic heterocycles. The maximum atomic E-state index is 12.8. The highest BCUT2D eigenvalue weighted by atomic mass is 16.5. The quantitative estimate of drug-likeness (QED) is 0.339. The number of para-hydroxylation sites is 1. The van der Waals surface area contributed by atoms with E-state index in [9.17, 15) is 4.79 Å². The van der Waals surface area contributed by atoms with Gasteiger partial charge in [-0.05, 0) is 80.6 Å². The van der Waals surface area contributed by atoms with E-state index >= 15 is 0 Å². The molecule has 9 nitrogen and oxygen atoms in total. The third-order valence-corrected chi connectivity index (χ3v) is 8.09. The summed E-state index contributed by atoms with van der Waals surface area (Å²) in [6.07, 6.45) is 5.10. The molecule has 0 aliphatic carbocycles. The fraction of sp³-hybridized carbons (Fsp3) is 0.387. The van der Waals surface area contributed by atoms with Crippen molar-refractivity contribution in [1.82, 2.24) is 19.4 Å². The lowest BCUT2D eigenvalue weighted by Crippen LogP contribution is -2.37. The van der Waals surface area contributed by atoms with Crippen molar-refractivity contribution < 1.29 is 4.74 Å². The molecule has 0 radical (unpaired) electrons. The largest absolute Gasteiger partial charge is 0.383 e. The van der Waals surface area contributed by atoms with Gasteiger partial charge < -0.3 is 20.7 Å². The van der Waals surface area contributed by atoms with Crippen molar-refractivity contribution in [1.29, 1.82) is 0 Å². The van der Waals surface area contributed by atoms with Crippen molar-refractivity contribution in [3.8, 4) is 5.69 Å². The van der Waals surface area contributed by atoms with Crippen molar-refractivity contribution in [2.45, 2.75) is 25.7 Å². The summed E-state index contributed by atoms with van der Waals surface area (Å²) in [6.45, 7) is 7.32. The summed E-state index contributed by atoms with van der Waals surface area (Å²) in [5.74, 6) is 1.49. The van der Waals surface area contributed by atoms with Crippen LogP contribution in [0.15, 0.2) is 71.5 Å². The predicted molar refractivity (Wildman–Crippen MR) is 161 cm³/mol. The SMILES string of the molecule is Nc1nc(Nc2ccc(N3CCC(CCCN4CCOCC4)CC3)cc2)nc2c1ccc(=O)n2-c1ccccc1. The molecule has 0 saturated carbocycles. The van der Waals surface area contributed by atoms with Gasteiger partial charge in [0.25, 0.3) is 5.56 Å². The molecule has 2 aliphatic heterocycles. The van der Waals surface area contributed by atoms with Crippen LogP contribution in [0.5, 0.6) is 0 Å². The Morgan fingerprint density at radius 1 is 0.875 bits per heavy atom. The molecule has 2 aliphatic rings. The summed E-state index contributed by atoms with van der Waals surface area (Å²) in [6, 6.07) is 21.0. The lowest BCUT2D eigenvalue weighted by molar-refractivity contribution is 0.0365. The number of hydrogen-bond acceptors (Lipinski definition) is 8. The number of nitrogens with zero attached hydrogens (tertiary/aromatic N) is 5. The fourth-order valence-electron chi connectivity index (χ4n) is 5.81. The Labute approximate surface area is 234 Å². The number of rotatable bonds is 8. The molecule has 2 saturated heterocycles. The summed E-state index contributed by atoms with van der Waals surface area (Å²) in [7, 11) is 0. The van der Waals surface area contributed by atoms with Gasteiger partial charge in [0.2, 0.25) is 5.95 Å². The Bertz CT molecular complexity index is 1480. The maximum absolute atomic E-state index is 12.8. The highest BCUT2D eigenvalue weighted by molar-refractivity contribution is 5.87. The normalized spacial score (nSPS) is 16.9. The number of anilines is 4. The molecule has 0 atom stereocenters. The predicted octanol–water partition coefficient (Wildman–Crippen LogP) is 4.44. The topological polar surface area (TPSA) is 102 Å². The van der Waals surface area contributed by atoms with Crippen LogP contribution in [0, 0.1) is 5.92 Å². The van der Waals surface area contributed by atoms with Crippen LogP contribution >= 0.6 is 0 Å². The molecule has 0 unspecified atom stereocenters. The monoisotopic (exact) mass is 539 g/mol. The van der Waals surface area contributed by atoms with E-state index in [1.54, 1.807) is 10.6 Å². The molecular weight excluding hydrogens is 502 g/mol. The second-order valence-electron chi connectivity index (χ2n) is 10.7. The first-order valence-corrected chi connectivity index (χ1v) is 14.3. The van der Waals surface area contributed by atoms with Gasteiger partial charge in [0, 0.05) is 43.6 Å². The van der Waals surface area contributed by atoms with E-state index < -0.39 is 0 Å². The molecule has 0 spiro atoms. The van der Waals surface area contributed by atoms with Gasteiger partial charge in [-0.3, -0.25) is 14.3 Å². The van der Waals surface area contributed by atoms with E-state index in [4.69, 9.17) is 10.5 Å². The third kappa shape index (κ3) is 5.95. The molecule has 0 amide bonds. The summed E-state index contributed by atoms with van der Waals surface area (Å²) in [5, 5.41) is 3.91. The van der Waals surface area contributed by atoms with Gasteiger partial charge in [-0.25, -0.2) is 0 Å². The smallest absolute Gasteiger partial charge is 0.256 e. The molecule has 4 aromatic rings. The molecule has 4 heterocycles. The van der Waals surface area contributed by atoms with E-state index in [1.807, 2.05) is 42.5 Å². The number of nitrogens with two attached hydrogens (primary N) is 1. The van der Waals surface area contributed by atoms with Crippen molar-refractivity contribution >= 4 is 34.2 Å². The van der Waals surface area contributed by atoms with Crippen molar-refractivity contribution in [3.63, 3.8) is 0 Å². The second-order valence-corrected chi connectivity index (χ2v) is 10.7. The number of fused-ring (bicyclic) bond motifs is 1. The number of hydrogen-bond donors (Lipinski definition) is 2. The number of nitrogen functional groups attached to an aromatic ring is 1. The molecule has 6 rings (SSSR count). The van der Waals surface area contributed by atoms with Crippen LogP contribution < -0.4 is 21.5 Å². The average molecular weight is 540 g/mol. The first-order valence-electron chi connectivity index (χ1n) is 14.3. The molecular formula is C31H37N7O2. The number of benzene rings is 2. The van der Waals surface area contributed by atoms with Gasteiger partial charge in [0.15, 0.2) is 5.65 Å². The van der Waals surface area contributed by atoms with Crippen LogP contribution in [0.1, 0.15) is 25.7 Å². The molecule has 3 N–H and O–H groups in total. The van der Waals surface area contributed by atoms with Gasteiger partial charge >= 0.3 is 0 Å². The Balaban J connectivity index is 1.09. The Hall–Kier alpha value is -3.95. The minimum Gasteiger partial charge on any atom is -0.383 e. The first-order chi connectivity index (χ1) is 19.6. The molecule has 2 fully saturated rings. The number of piperidine rings is 1. The lowest BCUT2D eigenvalue weighted by Gasteiger charge is -2.34. The summed E-state index contributed by atoms with van der Waals surface area (Å²) < 4.78 is 7.02. The van der Waals surface area contributed by atoms with E-state index in [0.29, 0.717) is 22.8 Å². The van der Waals surface area contributed by atoms with Crippen molar-refractivity contribution in [2.75, 3.05) is 61.9 Å². The van der Waals surface area contributed by atoms with Crippen LogP contribution in [-0.2, 0) is 4.74 Å². The van der Waals surface area contributed by atoms with Gasteiger partial charge in [-0.2, -0.15) is 9.97 Å². The third-order valence-electron chi connectivity index (χ3n) is 8.09. The maximum Gasteiger partial charge on any atom is 0.256 e. The van der Waals surface area contributed by atoms with Crippen LogP contribution in [0.4, 0.5) is 23.1 Å². The van der Waals surface area contributed by atoms with E-state index in [0.717, 1.165) is 56.7 Å². The zero-order chi connectivity index (χ0) is 27.3. The lowest BCUT2D eigenvalue weighted by atomic mass is 9.92. The fourth-order valence-corrected chi connectivity index (χ4v) is 5.81. The van der Waals surface area contributed by atoms with E-state index in [2.05, 4.69) is 37.2 Å². The van der Waals surface area contributed by atoms with Crippen LogP contribution in [0.25, 0.3) is 16.7 Å². The van der Waals surface area contributed by atoms with Gasteiger partial charge in [-0.15, -0.1) is 0 Å². The van der Waals surface area contributed by atoms with Gasteiger partial charge in [0.1, 0.15) is 5.82 Å². The Kier molecular flexibility index (Phi) is 7.92. The Morgan fingerprint density at radius 3 is 2.38 bits per heavy atom. The molecule has 2 aromatic carbocycles. The summed E-state index contributed by atoms with van der Waals surface area (Å²) in [5.41, 5.74) is 9.41. The van der Waals surface area contributed by atoms with Crippen molar-refractivity contribution in [3.05, 3.63) is 77.1 Å². The van der Waals surface area contributed by atoms with Crippen LogP contribution in [-0.4, -0.2) is 65.4 Å². The molecule has 208 valence electrons. The van der Waals surface area contributed by atoms with Gasteiger partial charge in [0.05, 0.1) is 24.3 Å². The molecule has 9 heteroatoms. The first kappa shape index (κ1) is 26.3. The molecule has 0 bridgehead atoms. The van der Waals surface area contributed by atoms with E-state index in [1.165, 1.54) is 44.0 Å². The van der Waals surface area contributed by atoms with Crippen molar-refractivity contribution in [2.24, 2.45) is 5.92 Å². The number of ether oxygens (including phenoxy) is 1. The standard InChI is InChI=1S/C31H37N7O2/c32-29-27-12-13-28(39)38(26-6-2-1-3-7-26)30(27)35-31(34-29)33-24-8-10-25(11-9-24)37-17-14-23(15-18-37)5-4-16-36-19-21-40-22-20-36/h1-3,6-13,23H,4-5,14-22H2,(H3,32,33,34,35). The second kappa shape index (κ2) is 12.1. The Morgan fingerprint density at radius 2 is 1.62 bits per heavy atom. The summed E-state index contributed by atoms with van der Waals surface area (Å²) in [4.78, 5) is 26.9. The zero-order valence-electron chi connectivity index (χ0n) is 22.8. The number of pyridine rings is 1. The minimum atomic E-state index is -0.173. The highest BCUT2D eigenvalue weighted by Gasteiger charge is 2.20. The molecule has 40 heavy (non-hydrogen) atoms. The summed E-state index contributed by atoms with van der Waals surface area (Å²) >= 11 is 0. The van der Waals surface area contributed by atoms with Crippen LogP contribution in [0.3, 0.4) is 0 Å². The highest BCUT2D eigenvalue weighted by Crippen LogP contribution is 2.28.